The second-order valence-corrected chi connectivity index (χ2v) is 8.40. The SMILES string of the molecule is Cc1ccc(NC(=O)[C@H]2CC(=O)N(c3cccc(-c4noc(C5CCC5)n4)c3)C2)cc1. The third-order valence-electron chi connectivity index (χ3n) is 6.13. The molecule has 0 radical (unpaired) electrons. The van der Waals surface area contributed by atoms with E-state index >= 15 is 0 Å². The largest absolute Gasteiger partial charge is 0.339 e. The van der Waals surface area contributed by atoms with Crippen LogP contribution in [0.5, 0.6) is 0 Å². The van der Waals surface area contributed by atoms with Crippen molar-refractivity contribution < 1.29 is 14.1 Å². The summed E-state index contributed by atoms with van der Waals surface area (Å²) >= 11 is 0. The van der Waals surface area contributed by atoms with Gasteiger partial charge < -0.3 is 14.7 Å². The van der Waals surface area contributed by atoms with E-state index in [0.29, 0.717) is 24.2 Å². The number of rotatable bonds is 5. The van der Waals surface area contributed by atoms with Crippen molar-refractivity contribution in [2.45, 2.75) is 38.5 Å². The molecule has 158 valence electrons. The third kappa shape index (κ3) is 3.95. The van der Waals surface area contributed by atoms with Crippen molar-refractivity contribution in [2.24, 2.45) is 5.92 Å². The van der Waals surface area contributed by atoms with E-state index in [1.165, 1.54) is 6.42 Å². The summed E-state index contributed by atoms with van der Waals surface area (Å²) in [5.41, 5.74) is 3.40. The Hall–Kier alpha value is -3.48. The summed E-state index contributed by atoms with van der Waals surface area (Å²) in [6.07, 6.45) is 3.58. The molecule has 7 nitrogen and oxygen atoms in total. The molecule has 5 rings (SSSR count). The lowest BCUT2D eigenvalue weighted by Crippen LogP contribution is -2.28. The molecule has 1 aliphatic heterocycles. The lowest BCUT2D eigenvalue weighted by atomic mass is 9.85. The standard InChI is InChI=1S/C24H24N4O3/c1-15-8-10-19(11-9-15)25-23(30)18-13-21(29)28(14-18)20-7-3-6-17(12-20)22-26-24(31-27-22)16-4-2-5-16/h3,6-12,16,18H,2,4-5,13-14H2,1H3,(H,25,30)/t18-/m0/s1. The summed E-state index contributed by atoms with van der Waals surface area (Å²) in [4.78, 5) is 31.6. The molecule has 1 aromatic heterocycles. The zero-order chi connectivity index (χ0) is 21.4. The Morgan fingerprint density at radius 2 is 1.97 bits per heavy atom. The van der Waals surface area contributed by atoms with E-state index in [4.69, 9.17) is 4.52 Å². The normalized spacial score (nSPS) is 18.8. The Labute approximate surface area is 180 Å². The van der Waals surface area contributed by atoms with Gasteiger partial charge in [-0.2, -0.15) is 4.98 Å². The van der Waals surface area contributed by atoms with Crippen LogP contribution in [0, 0.1) is 12.8 Å². The molecule has 1 saturated carbocycles. The van der Waals surface area contributed by atoms with Gasteiger partial charge >= 0.3 is 0 Å². The first kappa shape index (κ1) is 19.5. The average Bonchev–Trinajstić information content (AvgIpc) is 3.36. The Balaban J connectivity index is 1.29. The van der Waals surface area contributed by atoms with Crippen LogP contribution < -0.4 is 10.2 Å². The predicted octanol–water partition coefficient (Wildman–Crippen LogP) is 4.30. The summed E-state index contributed by atoms with van der Waals surface area (Å²) in [7, 11) is 0. The Bertz CT molecular complexity index is 1120. The molecule has 2 amide bonds. The van der Waals surface area contributed by atoms with Crippen molar-refractivity contribution in [1.82, 2.24) is 10.1 Å². The van der Waals surface area contributed by atoms with E-state index in [-0.39, 0.29) is 18.2 Å². The number of carbonyl (C=O) groups excluding carboxylic acids is 2. The molecule has 1 N–H and O–H groups in total. The number of carbonyl (C=O) groups is 2. The minimum absolute atomic E-state index is 0.0653. The molecule has 2 aromatic carbocycles. The minimum atomic E-state index is -0.396. The predicted molar refractivity (Wildman–Crippen MR) is 117 cm³/mol. The van der Waals surface area contributed by atoms with Gasteiger partial charge in [-0.05, 0) is 44.0 Å². The van der Waals surface area contributed by atoms with Crippen LogP contribution in [-0.4, -0.2) is 28.5 Å². The Morgan fingerprint density at radius 3 is 2.71 bits per heavy atom. The molecular formula is C24H24N4O3. The first-order valence-electron chi connectivity index (χ1n) is 10.7. The molecule has 0 unspecified atom stereocenters. The van der Waals surface area contributed by atoms with Gasteiger partial charge in [0.05, 0.1) is 5.92 Å². The average molecular weight is 416 g/mol. The maximum absolute atomic E-state index is 12.7. The van der Waals surface area contributed by atoms with E-state index in [1.54, 1.807) is 4.90 Å². The van der Waals surface area contributed by atoms with Crippen LogP contribution in [-0.2, 0) is 9.59 Å². The minimum Gasteiger partial charge on any atom is -0.339 e. The van der Waals surface area contributed by atoms with Gasteiger partial charge in [0.1, 0.15) is 0 Å². The van der Waals surface area contributed by atoms with Crippen LogP contribution in [0.4, 0.5) is 11.4 Å². The van der Waals surface area contributed by atoms with Crippen LogP contribution in [0.2, 0.25) is 0 Å². The lowest BCUT2D eigenvalue weighted by molar-refractivity contribution is -0.122. The molecular weight excluding hydrogens is 392 g/mol. The zero-order valence-electron chi connectivity index (χ0n) is 17.4. The van der Waals surface area contributed by atoms with Gasteiger partial charge in [0.2, 0.25) is 23.5 Å². The van der Waals surface area contributed by atoms with Gasteiger partial charge in [-0.3, -0.25) is 9.59 Å². The summed E-state index contributed by atoms with van der Waals surface area (Å²) in [6, 6.07) is 15.2. The molecule has 1 atom stereocenters. The molecule has 3 aromatic rings. The first-order chi connectivity index (χ1) is 15.1. The van der Waals surface area contributed by atoms with Crippen LogP contribution in [0.1, 0.15) is 43.1 Å². The highest BCUT2D eigenvalue weighted by Crippen LogP contribution is 2.36. The topological polar surface area (TPSA) is 88.3 Å². The van der Waals surface area contributed by atoms with Gasteiger partial charge in [-0.15, -0.1) is 0 Å². The number of hydrogen-bond acceptors (Lipinski definition) is 5. The number of anilines is 2. The molecule has 1 saturated heterocycles. The van der Waals surface area contributed by atoms with Crippen LogP contribution in [0.15, 0.2) is 53.1 Å². The molecule has 1 aliphatic carbocycles. The fourth-order valence-electron chi connectivity index (χ4n) is 4.00. The highest BCUT2D eigenvalue weighted by molar-refractivity contribution is 6.03. The molecule has 31 heavy (non-hydrogen) atoms. The van der Waals surface area contributed by atoms with Gasteiger partial charge in [0, 0.05) is 35.8 Å². The smallest absolute Gasteiger partial charge is 0.230 e. The van der Waals surface area contributed by atoms with Crippen molar-refractivity contribution in [3.63, 3.8) is 0 Å². The third-order valence-corrected chi connectivity index (χ3v) is 6.13. The number of aromatic nitrogens is 2. The van der Waals surface area contributed by atoms with E-state index in [0.717, 1.165) is 35.3 Å². The Kier molecular flexibility index (Phi) is 5.02. The number of aryl methyl sites for hydroxylation is 1. The molecule has 0 bridgehead atoms. The van der Waals surface area contributed by atoms with E-state index in [2.05, 4.69) is 15.5 Å². The fraction of sp³-hybridized carbons (Fsp3) is 0.333. The van der Waals surface area contributed by atoms with E-state index in [1.807, 2.05) is 55.5 Å². The molecule has 2 fully saturated rings. The summed E-state index contributed by atoms with van der Waals surface area (Å²) in [6.45, 7) is 2.34. The maximum Gasteiger partial charge on any atom is 0.230 e. The summed E-state index contributed by atoms with van der Waals surface area (Å²) in [5, 5.41) is 7.03. The fourth-order valence-corrected chi connectivity index (χ4v) is 4.00. The molecule has 7 heteroatoms. The highest BCUT2D eigenvalue weighted by Gasteiger charge is 2.35. The number of hydrogen-bond donors (Lipinski definition) is 1. The van der Waals surface area contributed by atoms with Crippen molar-refractivity contribution >= 4 is 23.2 Å². The van der Waals surface area contributed by atoms with Gasteiger partial charge in [0.25, 0.3) is 0 Å². The van der Waals surface area contributed by atoms with Crippen LogP contribution in [0.3, 0.4) is 0 Å². The molecule has 2 aliphatic rings. The number of nitrogens with one attached hydrogen (secondary N) is 1. The molecule has 0 spiro atoms. The second kappa shape index (κ2) is 7.98. The van der Waals surface area contributed by atoms with Crippen LogP contribution in [0.25, 0.3) is 11.4 Å². The Morgan fingerprint density at radius 1 is 1.16 bits per heavy atom. The lowest BCUT2D eigenvalue weighted by Gasteiger charge is -2.20. The van der Waals surface area contributed by atoms with Gasteiger partial charge in [-0.25, -0.2) is 0 Å². The quantitative estimate of drug-likeness (QED) is 0.670. The maximum atomic E-state index is 12.7. The van der Waals surface area contributed by atoms with Crippen molar-refractivity contribution in [2.75, 3.05) is 16.8 Å². The second-order valence-electron chi connectivity index (χ2n) is 8.40. The molecule has 2 heterocycles. The number of benzene rings is 2. The number of amides is 2. The van der Waals surface area contributed by atoms with Crippen molar-refractivity contribution in [3.05, 3.63) is 60.0 Å². The first-order valence-corrected chi connectivity index (χ1v) is 10.7. The highest BCUT2D eigenvalue weighted by atomic mass is 16.5. The van der Waals surface area contributed by atoms with E-state index in [9.17, 15) is 9.59 Å². The van der Waals surface area contributed by atoms with Crippen molar-refractivity contribution in [1.29, 1.82) is 0 Å². The summed E-state index contributed by atoms with van der Waals surface area (Å²) in [5.74, 6) is 0.995. The zero-order valence-corrected chi connectivity index (χ0v) is 17.4. The summed E-state index contributed by atoms with van der Waals surface area (Å²) < 4.78 is 5.43. The van der Waals surface area contributed by atoms with Crippen molar-refractivity contribution in [3.8, 4) is 11.4 Å². The van der Waals surface area contributed by atoms with Gasteiger partial charge in [-0.1, -0.05) is 41.4 Å². The van der Waals surface area contributed by atoms with E-state index < -0.39 is 5.92 Å². The van der Waals surface area contributed by atoms with Gasteiger partial charge in [0.15, 0.2) is 0 Å². The monoisotopic (exact) mass is 416 g/mol. The number of nitrogens with zero attached hydrogens (tertiary/aromatic N) is 3. The van der Waals surface area contributed by atoms with Crippen LogP contribution >= 0.6 is 0 Å².